The fourth-order valence-corrected chi connectivity index (χ4v) is 4.22. The number of anilines is 1. The highest BCUT2D eigenvalue weighted by atomic mass is 79.9. The second-order valence-corrected chi connectivity index (χ2v) is 8.19. The van der Waals surface area contributed by atoms with Gasteiger partial charge >= 0.3 is 0 Å². The lowest BCUT2D eigenvalue weighted by Gasteiger charge is -2.23. The van der Waals surface area contributed by atoms with Crippen molar-refractivity contribution in [1.82, 2.24) is 4.98 Å². The van der Waals surface area contributed by atoms with Gasteiger partial charge in [0, 0.05) is 27.6 Å². The molecule has 1 saturated heterocycles. The van der Waals surface area contributed by atoms with Crippen LogP contribution in [0.25, 0.3) is 11.3 Å². The summed E-state index contributed by atoms with van der Waals surface area (Å²) in [6.45, 7) is 1.29. The first-order valence-corrected chi connectivity index (χ1v) is 10.6. The van der Waals surface area contributed by atoms with Gasteiger partial charge in [-0.3, -0.25) is 9.69 Å². The molecule has 0 radical (unpaired) electrons. The Morgan fingerprint density at radius 1 is 1.19 bits per heavy atom. The summed E-state index contributed by atoms with van der Waals surface area (Å²) >= 11 is 4.95. The van der Waals surface area contributed by atoms with E-state index in [-0.39, 0.29) is 12.0 Å². The Morgan fingerprint density at radius 3 is 2.67 bits per heavy atom. The summed E-state index contributed by atoms with van der Waals surface area (Å²) in [7, 11) is 0. The molecule has 1 aromatic heterocycles. The van der Waals surface area contributed by atoms with Gasteiger partial charge in [-0.2, -0.15) is 0 Å². The number of aromatic nitrogens is 1. The predicted octanol–water partition coefficient (Wildman–Crippen LogP) is 5.40. The molecule has 4 rings (SSSR count). The predicted molar refractivity (Wildman–Crippen MR) is 112 cm³/mol. The smallest absolute Gasteiger partial charge is 0.260 e. The van der Waals surface area contributed by atoms with Crippen LogP contribution in [0.15, 0.2) is 64.5 Å². The van der Waals surface area contributed by atoms with Crippen molar-refractivity contribution in [2.75, 3.05) is 18.1 Å². The van der Waals surface area contributed by atoms with E-state index in [1.54, 1.807) is 4.90 Å². The molecular formula is C21H19BrN2O2S. The summed E-state index contributed by atoms with van der Waals surface area (Å²) in [5.41, 5.74) is 2.57. The molecule has 1 unspecified atom stereocenters. The van der Waals surface area contributed by atoms with Gasteiger partial charge in [-0.15, -0.1) is 11.3 Å². The van der Waals surface area contributed by atoms with E-state index in [0.717, 1.165) is 35.2 Å². The third-order valence-corrected chi connectivity index (χ3v) is 5.93. The van der Waals surface area contributed by atoms with Crippen molar-refractivity contribution in [2.45, 2.75) is 18.9 Å². The van der Waals surface area contributed by atoms with Gasteiger partial charge in [0.15, 0.2) is 5.13 Å². The number of hydrogen-bond donors (Lipinski definition) is 0. The Hall–Kier alpha value is -2.02. The molecular weight excluding hydrogens is 424 g/mol. The largest absolute Gasteiger partial charge is 0.376 e. The van der Waals surface area contributed by atoms with Gasteiger partial charge in [-0.1, -0.05) is 46.3 Å². The molecule has 27 heavy (non-hydrogen) atoms. The Kier molecular flexibility index (Phi) is 5.66. The van der Waals surface area contributed by atoms with Gasteiger partial charge in [-0.05, 0) is 37.1 Å². The first kappa shape index (κ1) is 18.3. The highest BCUT2D eigenvalue weighted by molar-refractivity contribution is 9.10. The van der Waals surface area contributed by atoms with Crippen LogP contribution in [0, 0.1) is 0 Å². The van der Waals surface area contributed by atoms with E-state index in [9.17, 15) is 4.79 Å². The molecule has 2 heterocycles. The second-order valence-electron chi connectivity index (χ2n) is 6.44. The van der Waals surface area contributed by atoms with Crippen LogP contribution in [-0.2, 0) is 4.74 Å². The monoisotopic (exact) mass is 442 g/mol. The van der Waals surface area contributed by atoms with Crippen LogP contribution >= 0.6 is 27.3 Å². The molecule has 0 bridgehead atoms. The minimum atomic E-state index is -0.0391. The second kappa shape index (κ2) is 8.33. The molecule has 2 aromatic carbocycles. The Bertz CT molecular complexity index is 905. The fraction of sp³-hybridized carbons (Fsp3) is 0.238. The molecule has 0 spiro atoms. The number of carbonyl (C=O) groups is 1. The number of nitrogens with zero attached hydrogens (tertiary/aromatic N) is 2. The van der Waals surface area contributed by atoms with Crippen molar-refractivity contribution in [1.29, 1.82) is 0 Å². The number of ether oxygens (including phenoxy) is 1. The normalized spacial score (nSPS) is 16.4. The average Bonchev–Trinajstić information content (AvgIpc) is 3.39. The highest BCUT2D eigenvalue weighted by Crippen LogP contribution is 2.30. The van der Waals surface area contributed by atoms with Gasteiger partial charge in [0.05, 0.1) is 18.3 Å². The number of halogens is 1. The maximum Gasteiger partial charge on any atom is 0.260 e. The zero-order valence-corrected chi connectivity index (χ0v) is 17.1. The van der Waals surface area contributed by atoms with Gasteiger partial charge in [0.25, 0.3) is 5.91 Å². The Morgan fingerprint density at radius 2 is 1.96 bits per heavy atom. The minimum absolute atomic E-state index is 0.0391. The molecule has 1 fully saturated rings. The molecule has 1 aliphatic rings. The van der Waals surface area contributed by atoms with Crippen molar-refractivity contribution in [3.8, 4) is 11.3 Å². The summed E-state index contributed by atoms with van der Waals surface area (Å²) in [4.78, 5) is 19.7. The number of thiazole rings is 1. The number of benzene rings is 2. The standard InChI is InChI=1S/C21H19BrN2O2S/c22-17-10-8-15(9-11-17)19-14-27-21(23-19)24(13-18-7-4-12-26-18)20(25)16-5-2-1-3-6-16/h1-3,5-6,8-11,14,18H,4,7,12-13H2. The van der Waals surface area contributed by atoms with E-state index in [1.165, 1.54) is 11.3 Å². The summed E-state index contributed by atoms with van der Waals surface area (Å²) in [5.74, 6) is -0.0391. The molecule has 138 valence electrons. The average molecular weight is 443 g/mol. The molecule has 0 aliphatic carbocycles. The van der Waals surface area contributed by atoms with Crippen LogP contribution in [0.5, 0.6) is 0 Å². The third-order valence-electron chi connectivity index (χ3n) is 4.54. The molecule has 1 aliphatic heterocycles. The highest BCUT2D eigenvalue weighted by Gasteiger charge is 2.26. The first-order chi connectivity index (χ1) is 13.2. The van der Waals surface area contributed by atoms with E-state index >= 15 is 0 Å². The SMILES string of the molecule is O=C(c1ccccc1)N(CC1CCCO1)c1nc(-c2ccc(Br)cc2)cs1. The quantitative estimate of drug-likeness (QED) is 0.531. The topological polar surface area (TPSA) is 42.4 Å². The summed E-state index contributed by atoms with van der Waals surface area (Å²) in [6.07, 6.45) is 2.08. The molecule has 4 nitrogen and oxygen atoms in total. The third kappa shape index (κ3) is 4.29. The van der Waals surface area contributed by atoms with Crippen molar-refractivity contribution in [2.24, 2.45) is 0 Å². The number of hydrogen-bond acceptors (Lipinski definition) is 4. The van der Waals surface area contributed by atoms with Crippen LogP contribution in [-0.4, -0.2) is 30.1 Å². The lowest BCUT2D eigenvalue weighted by Crippen LogP contribution is -2.37. The zero-order valence-electron chi connectivity index (χ0n) is 14.7. The van der Waals surface area contributed by atoms with Crippen molar-refractivity contribution < 1.29 is 9.53 Å². The van der Waals surface area contributed by atoms with E-state index in [4.69, 9.17) is 9.72 Å². The minimum Gasteiger partial charge on any atom is -0.376 e. The molecule has 1 amide bonds. The van der Waals surface area contributed by atoms with Crippen molar-refractivity contribution >= 4 is 38.3 Å². The van der Waals surface area contributed by atoms with Crippen LogP contribution < -0.4 is 4.90 Å². The van der Waals surface area contributed by atoms with E-state index in [0.29, 0.717) is 17.2 Å². The summed E-state index contributed by atoms with van der Waals surface area (Å²) in [6, 6.07) is 17.4. The molecule has 6 heteroatoms. The Balaban J connectivity index is 1.63. The lowest BCUT2D eigenvalue weighted by molar-refractivity contribution is 0.0917. The van der Waals surface area contributed by atoms with Crippen molar-refractivity contribution in [3.05, 3.63) is 70.0 Å². The van der Waals surface area contributed by atoms with E-state index < -0.39 is 0 Å². The lowest BCUT2D eigenvalue weighted by atomic mass is 10.1. The molecule has 0 saturated carbocycles. The van der Waals surface area contributed by atoms with Crippen LogP contribution in [0.1, 0.15) is 23.2 Å². The number of rotatable bonds is 5. The van der Waals surface area contributed by atoms with Crippen LogP contribution in [0.2, 0.25) is 0 Å². The number of carbonyl (C=O) groups excluding carboxylic acids is 1. The van der Waals surface area contributed by atoms with E-state index in [1.807, 2.05) is 60.0 Å². The van der Waals surface area contributed by atoms with Crippen LogP contribution in [0.4, 0.5) is 5.13 Å². The Labute approximate surface area is 170 Å². The fourth-order valence-electron chi connectivity index (χ4n) is 3.12. The molecule has 3 aromatic rings. The zero-order chi connectivity index (χ0) is 18.6. The molecule has 1 atom stereocenters. The van der Waals surface area contributed by atoms with Gasteiger partial charge in [0.1, 0.15) is 0 Å². The first-order valence-electron chi connectivity index (χ1n) is 8.91. The van der Waals surface area contributed by atoms with Gasteiger partial charge in [0.2, 0.25) is 0 Å². The van der Waals surface area contributed by atoms with Crippen LogP contribution in [0.3, 0.4) is 0 Å². The van der Waals surface area contributed by atoms with Gasteiger partial charge in [-0.25, -0.2) is 4.98 Å². The molecule has 0 N–H and O–H groups in total. The van der Waals surface area contributed by atoms with E-state index in [2.05, 4.69) is 15.9 Å². The maximum atomic E-state index is 13.2. The summed E-state index contributed by atoms with van der Waals surface area (Å²) in [5, 5.41) is 2.71. The van der Waals surface area contributed by atoms with Crippen molar-refractivity contribution in [3.63, 3.8) is 0 Å². The maximum absolute atomic E-state index is 13.2. The summed E-state index contributed by atoms with van der Waals surface area (Å²) < 4.78 is 6.80. The van der Waals surface area contributed by atoms with Gasteiger partial charge < -0.3 is 4.74 Å². The number of amides is 1.